The van der Waals surface area contributed by atoms with E-state index in [-0.39, 0.29) is 11.5 Å². The zero-order chi connectivity index (χ0) is 14.7. The Balaban J connectivity index is 2.11. The van der Waals surface area contributed by atoms with E-state index < -0.39 is 17.7 Å². The van der Waals surface area contributed by atoms with E-state index in [0.717, 1.165) is 16.6 Å². The van der Waals surface area contributed by atoms with Crippen LogP contribution in [0.25, 0.3) is 0 Å². The van der Waals surface area contributed by atoms with Crippen molar-refractivity contribution < 1.29 is 18.3 Å². The molecule has 0 aliphatic rings. The molecule has 5 heteroatoms. The molecule has 2 aromatic rings. The minimum Gasteiger partial charge on any atom is -0.482 e. The minimum atomic E-state index is -1.01. The summed E-state index contributed by atoms with van der Waals surface area (Å²) in [5, 5.41) is 0. The van der Waals surface area contributed by atoms with Crippen molar-refractivity contribution in [2.75, 3.05) is 0 Å². The van der Waals surface area contributed by atoms with Gasteiger partial charge in [0.1, 0.15) is 5.75 Å². The van der Waals surface area contributed by atoms with Crippen LogP contribution in [0.1, 0.15) is 17.3 Å². The first-order valence-electron chi connectivity index (χ1n) is 5.89. The fourth-order valence-electron chi connectivity index (χ4n) is 1.66. The molecule has 0 aliphatic carbocycles. The number of Topliss-reactive ketones (excluding diaryl/α,β-unsaturated/α-hetero) is 1. The maximum Gasteiger partial charge on any atom is 0.202 e. The van der Waals surface area contributed by atoms with Crippen LogP contribution >= 0.6 is 15.9 Å². The highest BCUT2D eigenvalue weighted by atomic mass is 79.9. The highest BCUT2D eigenvalue weighted by Gasteiger charge is 2.17. The maximum absolute atomic E-state index is 13.1. The number of hydrogen-bond acceptors (Lipinski definition) is 2. The van der Waals surface area contributed by atoms with Crippen molar-refractivity contribution in [3.63, 3.8) is 0 Å². The van der Waals surface area contributed by atoms with Crippen LogP contribution in [0.5, 0.6) is 5.75 Å². The van der Waals surface area contributed by atoms with Gasteiger partial charge in [0.2, 0.25) is 5.78 Å². The van der Waals surface area contributed by atoms with E-state index >= 15 is 0 Å². The van der Waals surface area contributed by atoms with E-state index in [1.165, 1.54) is 6.07 Å². The van der Waals surface area contributed by atoms with Crippen LogP contribution < -0.4 is 4.74 Å². The summed E-state index contributed by atoms with van der Waals surface area (Å²) in [6.07, 6.45) is -0.791. The SMILES string of the molecule is CC(Oc1ccc(F)c(F)c1)C(=O)c1ccc(Br)cc1. The predicted molar refractivity (Wildman–Crippen MR) is 74.9 cm³/mol. The predicted octanol–water partition coefficient (Wildman–Crippen LogP) is 4.38. The van der Waals surface area contributed by atoms with E-state index in [0.29, 0.717) is 5.56 Å². The summed E-state index contributed by atoms with van der Waals surface area (Å²) in [7, 11) is 0. The second kappa shape index (κ2) is 6.13. The summed E-state index contributed by atoms with van der Waals surface area (Å²) < 4.78 is 32.0. The molecule has 1 atom stereocenters. The molecule has 0 spiro atoms. The summed E-state index contributed by atoms with van der Waals surface area (Å²) in [6, 6.07) is 9.98. The topological polar surface area (TPSA) is 26.3 Å². The average Bonchev–Trinajstić information content (AvgIpc) is 2.43. The monoisotopic (exact) mass is 340 g/mol. The molecule has 0 radical (unpaired) electrons. The van der Waals surface area contributed by atoms with Crippen LogP contribution in [-0.4, -0.2) is 11.9 Å². The third-order valence-electron chi connectivity index (χ3n) is 2.70. The second-order valence-corrected chi connectivity index (χ2v) is 5.12. The van der Waals surface area contributed by atoms with Gasteiger partial charge in [0.25, 0.3) is 0 Å². The molecular formula is C15H11BrF2O2. The van der Waals surface area contributed by atoms with E-state index in [9.17, 15) is 13.6 Å². The Kier molecular flexibility index (Phi) is 4.49. The fraction of sp³-hybridized carbons (Fsp3) is 0.133. The van der Waals surface area contributed by atoms with Crippen molar-refractivity contribution in [2.45, 2.75) is 13.0 Å². The highest BCUT2D eigenvalue weighted by Crippen LogP contribution is 2.19. The molecule has 0 N–H and O–H groups in total. The van der Waals surface area contributed by atoms with Gasteiger partial charge in [0.05, 0.1) is 0 Å². The number of ether oxygens (including phenoxy) is 1. The Morgan fingerprint density at radius 1 is 1.10 bits per heavy atom. The lowest BCUT2D eigenvalue weighted by Gasteiger charge is -2.14. The molecule has 0 fully saturated rings. The van der Waals surface area contributed by atoms with Gasteiger partial charge in [0, 0.05) is 16.1 Å². The molecule has 0 amide bonds. The number of rotatable bonds is 4. The van der Waals surface area contributed by atoms with Crippen LogP contribution in [0.15, 0.2) is 46.9 Å². The molecular weight excluding hydrogens is 330 g/mol. The Hall–Kier alpha value is -1.75. The molecule has 0 heterocycles. The van der Waals surface area contributed by atoms with Crippen LogP contribution in [0.3, 0.4) is 0 Å². The second-order valence-electron chi connectivity index (χ2n) is 4.21. The molecule has 2 rings (SSSR count). The van der Waals surface area contributed by atoms with Gasteiger partial charge in [-0.05, 0) is 31.2 Å². The highest BCUT2D eigenvalue weighted by molar-refractivity contribution is 9.10. The zero-order valence-electron chi connectivity index (χ0n) is 10.6. The van der Waals surface area contributed by atoms with Gasteiger partial charge in [-0.15, -0.1) is 0 Å². The van der Waals surface area contributed by atoms with Gasteiger partial charge in [-0.3, -0.25) is 4.79 Å². The van der Waals surface area contributed by atoms with Gasteiger partial charge >= 0.3 is 0 Å². The molecule has 0 aliphatic heterocycles. The first kappa shape index (κ1) is 14.7. The number of ketones is 1. The average molecular weight is 341 g/mol. The standard InChI is InChI=1S/C15H11BrF2O2/c1-9(15(19)10-2-4-11(16)5-3-10)20-12-6-7-13(17)14(18)8-12/h2-9H,1H3. The van der Waals surface area contributed by atoms with Crippen molar-refractivity contribution in [3.8, 4) is 5.75 Å². The summed E-state index contributed by atoms with van der Waals surface area (Å²) in [5.74, 6) is -2.08. The lowest BCUT2D eigenvalue weighted by Crippen LogP contribution is -2.23. The van der Waals surface area contributed by atoms with E-state index in [4.69, 9.17) is 4.74 Å². The summed E-state index contributed by atoms with van der Waals surface area (Å²) in [5.41, 5.74) is 0.489. The molecule has 20 heavy (non-hydrogen) atoms. The number of carbonyl (C=O) groups excluding carboxylic acids is 1. The maximum atomic E-state index is 13.1. The van der Waals surface area contributed by atoms with Gasteiger partial charge in [0.15, 0.2) is 17.7 Å². The fourth-order valence-corrected chi connectivity index (χ4v) is 1.92. The Bertz CT molecular complexity index is 626. The van der Waals surface area contributed by atoms with Gasteiger partial charge in [-0.1, -0.05) is 28.1 Å². The largest absolute Gasteiger partial charge is 0.482 e. The van der Waals surface area contributed by atoms with Gasteiger partial charge in [-0.25, -0.2) is 8.78 Å². The summed E-state index contributed by atoms with van der Waals surface area (Å²) >= 11 is 3.28. The van der Waals surface area contributed by atoms with Crippen LogP contribution in [0, 0.1) is 11.6 Å². The third kappa shape index (κ3) is 3.42. The molecule has 2 aromatic carbocycles. The van der Waals surface area contributed by atoms with Crippen LogP contribution in [-0.2, 0) is 0 Å². The molecule has 104 valence electrons. The first-order chi connectivity index (χ1) is 9.47. The Morgan fingerprint density at radius 3 is 2.35 bits per heavy atom. The van der Waals surface area contributed by atoms with Crippen molar-refractivity contribution in [3.05, 3.63) is 64.1 Å². The van der Waals surface area contributed by atoms with Crippen LogP contribution in [0.4, 0.5) is 8.78 Å². The summed E-state index contributed by atoms with van der Waals surface area (Å²) in [4.78, 5) is 12.1. The Labute approximate surface area is 123 Å². The zero-order valence-corrected chi connectivity index (χ0v) is 12.2. The molecule has 0 saturated carbocycles. The van der Waals surface area contributed by atoms with Crippen LogP contribution in [0.2, 0.25) is 0 Å². The summed E-state index contributed by atoms with van der Waals surface area (Å²) in [6.45, 7) is 1.56. The van der Waals surface area contributed by atoms with Gasteiger partial charge in [-0.2, -0.15) is 0 Å². The quantitative estimate of drug-likeness (QED) is 0.772. The molecule has 0 aromatic heterocycles. The Morgan fingerprint density at radius 2 is 1.75 bits per heavy atom. The number of hydrogen-bond donors (Lipinski definition) is 0. The van der Waals surface area contributed by atoms with E-state index in [1.54, 1.807) is 31.2 Å². The smallest absolute Gasteiger partial charge is 0.202 e. The van der Waals surface area contributed by atoms with E-state index in [1.807, 2.05) is 0 Å². The normalized spacial score (nSPS) is 12.0. The molecule has 0 bridgehead atoms. The van der Waals surface area contributed by atoms with E-state index in [2.05, 4.69) is 15.9 Å². The third-order valence-corrected chi connectivity index (χ3v) is 3.23. The molecule has 1 unspecified atom stereocenters. The number of halogens is 3. The molecule has 2 nitrogen and oxygen atoms in total. The minimum absolute atomic E-state index is 0.113. The lowest BCUT2D eigenvalue weighted by molar-refractivity contribution is 0.0817. The number of benzene rings is 2. The lowest BCUT2D eigenvalue weighted by atomic mass is 10.1. The number of carbonyl (C=O) groups is 1. The van der Waals surface area contributed by atoms with Crippen molar-refractivity contribution >= 4 is 21.7 Å². The van der Waals surface area contributed by atoms with Crippen molar-refractivity contribution in [1.82, 2.24) is 0 Å². The van der Waals surface area contributed by atoms with Crippen molar-refractivity contribution in [1.29, 1.82) is 0 Å². The first-order valence-corrected chi connectivity index (χ1v) is 6.68. The molecule has 0 saturated heterocycles. The van der Waals surface area contributed by atoms with Crippen molar-refractivity contribution in [2.24, 2.45) is 0 Å². The van der Waals surface area contributed by atoms with Gasteiger partial charge < -0.3 is 4.74 Å².